The number of nitrogens with zero attached hydrogens (tertiary/aromatic N) is 1. The van der Waals surface area contributed by atoms with Crippen molar-refractivity contribution in [1.82, 2.24) is 4.90 Å². The second-order valence-corrected chi connectivity index (χ2v) is 4.95. The van der Waals surface area contributed by atoms with Crippen molar-refractivity contribution in [3.8, 4) is 0 Å². The van der Waals surface area contributed by atoms with Crippen molar-refractivity contribution in [2.24, 2.45) is 11.7 Å². The van der Waals surface area contributed by atoms with Gasteiger partial charge in [0, 0.05) is 6.21 Å². The number of β-lactam (4-membered cyclic amide) rings is 1. The quantitative estimate of drug-likeness (QED) is 0.277. The first-order valence-electron chi connectivity index (χ1n) is 6.22. The molecule has 8 heteroatoms. The fraction of sp³-hybridized carbons (Fsp3) is 0.583. The maximum absolute atomic E-state index is 11.9. The molecule has 0 radical (unpaired) electrons. The minimum absolute atomic E-state index is 0.0506. The molecule has 0 aliphatic carbocycles. The van der Waals surface area contributed by atoms with Gasteiger partial charge < -0.3 is 31.0 Å². The molecule has 0 aromatic rings. The van der Waals surface area contributed by atoms with Crippen molar-refractivity contribution in [3.05, 3.63) is 11.3 Å². The van der Waals surface area contributed by atoms with E-state index in [1.165, 1.54) is 11.8 Å². The standard InChI is InChI=1S/C12H17N3O5/c1-5(16)9-7-2-6(4-20-8(14)3-13)10(12(18)19)15(7)11(9)17/h3,5,7-9,13,16H,2,4,14H2,1H3,(H,18,19). The van der Waals surface area contributed by atoms with Crippen LogP contribution >= 0.6 is 0 Å². The predicted molar refractivity (Wildman–Crippen MR) is 67.8 cm³/mol. The number of aliphatic carboxylic acids is 1. The molecule has 1 amide bonds. The van der Waals surface area contributed by atoms with Gasteiger partial charge in [-0.25, -0.2) is 4.79 Å². The van der Waals surface area contributed by atoms with Gasteiger partial charge in [0.15, 0.2) is 0 Å². The van der Waals surface area contributed by atoms with Crippen LogP contribution in [0.5, 0.6) is 0 Å². The fourth-order valence-corrected chi connectivity index (χ4v) is 2.74. The van der Waals surface area contributed by atoms with Gasteiger partial charge in [0.2, 0.25) is 5.91 Å². The van der Waals surface area contributed by atoms with Crippen molar-refractivity contribution in [2.75, 3.05) is 6.61 Å². The van der Waals surface area contributed by atoms with Gasteiger partial charge in [-0.05, 0) is 18.9 Å². The van der Waals surface area contributed by atoms with Gasteiger partial charge in [0.1, 0.15) is 11.9 Å². The lowest BCUT2D eigenvalue weighted by Crippen LogP contribution is -2.61. The molecule has 0 aromatic heterocycles. The van der Waals surface area contributed by atoms with Crippen LogP contribution < -0.4 is 5.73 Å². The number of aliphatic hydroxyl groups is 1. The highest BCUT2D eigenvalue weighted by molar-refractivity contribution is 5.99. The molecule has 2 heterocycles. The maximum atomic E-state index is 11.9. The van der Waals surface area contributed by atoms with Crippen LogP contribution in [0.2, 0.25) is 0 Å². The summed E-state index contributed by atoms with van der Waals surface area (Å²) in [4.78, 5) is 24.4. The zero-order valence-electron chi connectivity index (χ0n) is 10.9. The molecule has 2 rings (SSSR count). The number of carbonyl (C=O) groups is 2. The highest BCUT2D eigenvalue weighted by Crippen LogP contribution is 2.43. The summed E-state index contributed by atoms with van der Waals surface area (Å²) in [5.41, 5.74) is 5.77. The van der Waals surface area contributed by atoms with E-state index in [1.54, 1.807) is 0 Å². The van der Waals surface area contributed by atoms with Crippen LogP contribution in [-0.4, -0.2) is 58.2 Å². The number of hydrogen-bond acceptors (Lipinski definition) is 6. The van der Waals surface area contributed by atoms with Crippen molar-refractivity contribution >= 4 is 18.1 Å². The van der Waals surface area contributed by atoms with Gasteiger partial charge in [0.05, 0.1) is 24.7 Å². The molecule has 0 aromatic carbocycles. The second kappa shape index (κ2) is 5.31. The molecule has 110 valence electrons. The molecule has 5 N–H and O–H groups in total. The Hall–Kier alpha value is -1.77. The van der Waals surface area contributed by atoms with Crippen LogP contribution in [0.3, 0.4) is 0 Å². The Morgan fingerprint density at radius 1 is 1.70 bits per heavy atom. The molecule has 0 bridgehead atoms. The lowest BCUT2D eigenvalue weighted by molar-refractivity contribution is -0.161. The molecule has 1 fully saturated rings. The van der Waals surface area contributed by atoms with E-state index in [0.717, 1.165) is 6.21 Å². The number of carbonyl (C=O) groups excluding carboxylic acids is 1. The molecule has 4 atom stereocenters. The third kappa shape index (κ3) is 2.21. The molecule has 4 unspecified atom stereocenters. The number of aliphatic hydroxyl groups excluding tert-OH is 1. The van der Waals surface area contributed by atoms with Crippen molar-refractivity contribution in [1.29, 1.82) is 5.41 Å². The Morgan fingerprint density at radius 3 is 2.85 bits per heavy atom. The molecule has 20 heavy (non-hydrogen) atoms. The van der Waals surface area contributed by atoms with Crippen LogP contribution in [0.4, 0.5) is 0 Å². The highest BCUT2D eigenvalue weighted by Gasteiger charge is 2.56. The number of hydrogen-bond donors (Lipinski definition) is 4. The van der Waals surface area contributed by atoms with E-state index in [4.69, 9.17) is 15.9 Å². The summed E-state index contributed by atoms with van der Waals surface area (Å²) in [5, 5.41) is 25.7. The van der Waals surface area contributed by atoms with E-state index < -0.39 is 24.2 Å². The number of amides is 1. The van der Waals surface area contributed by atoms with E-state index in [1.807, 2.05) is 0 Å². The van der Waals surface area contributed by atoms with Crippen molar-refractivity contribution < 1.29 is 24.5 Å². The Kier molecular flexibility index (Phi) is 3.89. The van der Waals surface area contributed by atoms with Crippen LogP contribution in [0.1, 0.15) is 13.3 Å². The fourth-order valence-electron chi connectivity index (χ4n) is 2.74. The molecule has 0 saturated carbocycles. The third-order valence-corrected chi connectivity index (χ3v) is 3.64. The highest BCUT2D eigenvalue weighted by atomic mass is 16.5. The summed E-state index contributed by atoms with van der Waals surface area (Å²) in [5.74, 6) is -2.15. The third-order valence-electron chi connectivity index (χ3n) is 3.64. The molecule has 0 spiro atoms. The topological polar surface area (TPSA) is 137 Å². The van der Waals surface area contributed by atoms with Crippen LogP contribution in [0, 0.1) is 11.3 Å². The number of rotatable bonds is 6. The molecular formula is C12H17N3O5. The SMILES string of the molecule is CC(O)C1C(=O)N2C(C(=O)O)=C(COC(N)C=N)CC12. The smallest absolute Gasteiger partial charge is 0.352 e. The number of fused-ring (bicyclic) bond motifs is 1. The van der Waals surface area contributed by atoms with Gasteiger partial charge in [-0.2, -0.15) is 0 Å². The number of carboxylic acid groups (broad SMARTS) is 1. The summed E-state index contributed by atoms with van der Waals surface area (Å²) in [6.07, 6.45) is -0.487. The lowest BCUT2D eigenvalue weighted by atomic mass is 9.83. The minimum Gasteiger partial charge on any atom is -0.477 e. The molecule has 2 aliphatic heterocycles. The molecular weight excluding hydrogens is 266 g/mol. The Balaban J connectivity index is 2.17. The van der Waals surface area contributed by atoms with Crippen LogP contribution in [0.25, 0.3) is 0 Å². The Labute approximate surface area is 115 Å². The van der Waals surface area contributed by atoms with Crippen molar-refractivity contribution in [2.45, 2.75) is 31.7 Å². The summed E-state index contributed by atoms with van der Waals surface area (Å²) in [7, 11) is 0. The van der Waals surface area contributed by atoms with Gasteiger partial charge >= 0.3 is 5.97 Å². The first-order chi connectivity index (χ1) is 9.38. The van der Waals surface area contributed by atoms with E-state index in [2.05, 4.69) is 0 Å². The average molecular weight is 283 g/mol. The monoisotopic (exact) mass is 283 g/mol. The first-order valence-corrected chi connectivity index (χ1v) is 6.22. The van der Waals surface area contributed by atoms with Crippen molar-refractivity contribution in [3.63, 3.8) is 0 Å². The molecule has 8 nitrogen and oxygen atoms in total. The largest absolute Gasteiger partial charge is 0.477 e. The van der Waals surface area contributed by atoms with E-state index in [0.29, 0.717) is 12.0 Å². The van der Waals surface area contributed by atoms with E-state index in [9.17, 15) is 19.8 Å². The maximum Gasteiger partial charge on any atom is 0.352 e. The number of nitrogens with two attached hydrogens (primary N) is 1. The Morgan fingerprint density at radius 2 is 2.35 bits per heavy atom. The number of nitrogens with one attached hydrogen (secondary N) is 1. The average Bonchev–Trinajstić information content (AvgIpc) is 2.69. The lowest BCUT2D eigenvalue weighted by Gasteiger charge is -2.44. The van der Waals surface area contributed by atoms with Gasteiger partial charge in [-0.1, -0.05) is 0 Å². The van der Waals surface area contributed by atoms with Gasteiger partial charge in [0.25, 0.3) is 0 Å². The normalized spacial score (nSPS) is 27.9. The zero-order valence-corrected chi connectivity index (χ0v) is 10.9. The molecule has 2 aliphatic rings. The minimum atomic E-state index is -1.20. The summed E-state index contributed by atoms with van der Waals surface area (Å²) < 4.78 is 5.12. The first kappa shape index (κ1) is 14.6. The van der Waals surface area contributed by atoms with Gasteiger partial charge in [-0.15, -0.1) is 0 Å². The summed E-state index contributed by atoms with van der Waals surface area (Å²) in [6.45, 7) is 1.46. The van der Waals surface area contributed by atoms with Crippen LogP contribution in [0.15, 0.2) is 11.3 Å². The zero-order chi connectivity index (χ0) is 15.0. The van der Waals surface area contributed by atoms with E-state index >= 15 is 0 Å². The second-order valence-electron chi connectivity index (χ2n) is 4.95. The number of carboxylic acids is 1. The summed E-state index contributed by atoms with van der Waals surface area (Å²) in [6, 6.07) is -0.330. The van der Waals surface area contributed by atoms with E-state index in [-0.39, 0.29) is 24.3 Å². The predicted octanol–water partition coefficient (Wildman–Crippen LogP) is -1.11. The Bertz CT molecular complexity index is 487. The number of ether oxygens (including phenoxy) is 1. The molecule has 1 saturated heterocycles. The van der Waals surface area contributed by atoms with Crippen LogP contribution in [-0.2, 0) is 14.3 Å². The van der Waals surface area contributed by atoms with Gasteiger partial charge in [-0.3, -0.25) is 4.79 Å². The summed E-state index contributed by atoms with van der Waals surface area (Å²) >= 11 is 0.